The summed E-state index contributed by atoms with van der Waals surface area (Å²) >= 11 is 1.39. The van der Waals surface area contributed by atoms with Gasteiger partial charge < -0.3 is 10.1 Å². The smallest absolute Gasteiger partial charge is 0.249 e. The van der Waals surface area contributed by atoms with Crippen LogP contribution >= 0.6 is 11.3 Å². The second-order valence-corrected chi connectivity index (χ2v) is 10.1. The van der Waals surface area contributed by atoms with Gasteiger partial charge in [-0.3, -0.25) is 19.3 Å². The second kappa shape index (κ2) is 9.87. The Morgan fingerprint density at radius 3 is 2.55 bits per heavy atom. The normalized spacial score (nSPS) is 20.8. The number of amides is 3. The molecule has 3 atom stereocenters. The summed E-state index contributed by atoms with van der Waals surface area (Å²) in [5.74, 6) is -0.585. The lowest BCUT2D eigenvalue weighted by Crippen LogP contribution is -2.48. The van der Waals surface area contributed by atoms with Crippen molar-refractivity contribution in [1.29, 1.82) is 0 Å². The standard InChI is InChI=1S/C25H29N3O4S/c1-15(2)11-21(28-23(30)19-9-4-5-10-20(19)24(28)31)22(29)27-25-26-14-18(33-25)13-16-7-6-8-17(12-16)32-3/h4-8,12,14-15,19-21H,9-11,13H2,1-3H3,(H,26,27,29)/t19-,20-,21-/m0/s1. The van der Waals surface area contributed by atoms with E-state index in [1.54, 1.807) is 13.3 Å². The number of methoxy groups -OCH3 is 1. The molecule has 1 aromatic carbocycles. The number of carbonyl (C=O) groups excluding carboxylic acids is 3. The molecule has 2 heterocycles. The fourth-order valence-corrected chi connectivity index (χ4v) is 5.38. The number of imide groups is 1. The summed E-state index contributed by atoms with van der Waals surface area (Å²) in [4.78, 5) is 45.9. The minimum atomic E-state index is -0.832. The van der Waals surface area contributed by atoms with Gasteiger partial charge in [0, 0.05) is 17.5 Å². The first kappa shape index (κ1) is 23.2. The highest BCUT2D eigenvalue weighted by Crippen LogP contribution is 2.37. The number of anilines is 1. The van der Waals surface area contributed by atoms with Gasteiger partial charge in [-0.15, -0.1) is 11.3 Å². The molecule has 0 spiro atoms. The summed E-state index contributed by atoms with van der Waals surface area (Å²) in [5.41, 5.74) is 1.08. The van der Waals surface area contributed by atoms with Gasteiger partial charge in [0.05, 0.1) is 18.9 Å². The first-order valence-electron chi connectivity index (χ1n) is 11.3. The number of carbonyl (C=O) groups is 3. The maximum Gasteiger partial charge on any atom is 0.249 e. The van der Waals surface area contributed by atoms with E-state index in [2.05, 4.69) is 10.3 Å². The Morgan fingerprint density at radius 1 is 1.21 bits per heavy atom. The molecule has 3 amide bonds. The molecule has 174 valence electrons. The van der Waals surface area contributed by atoms with Crippen LogP contribution in [-0.2, 0) is 20.8 Å². The van der Waals surface area contributed by atoms with Gasteiger partial charge in [-0.05, 0) is 42.9 Å². The van der Waals surface area contributed by atoms with E-state index < -0.39 is 6.04 Å². The van der Waals surface area contributed by atoms with Crippen molar-refractivity contribution in [2.75, 3.05) is 12.4 Å². The predicted octanol–water partition coefficient (Wildman–Crippen LogP) is 4.05. The lowest BCUT2D eigenvalue weighted by molar-refractivity contribution is -0.147. The Hall–Kier alpha value is -3.00. The molecular weight excluding hydrogens is 438 g/mol. The predicted molar refractivity (Wildman–Crippen MR) is 127 cm³/mol. The third kappa shape index (κ3) is 5.00. The minimum Gasteiger partial charge on any atom is -0.497 e. The molecule has 1 saturated heterocycles. The van der Waals surface area contributed by atoms with Crippen molar-refractivity contribution in [3.05, 3.63) is 53.1 Å². The Bertz CT molecular complexity index is 1050. The number of thiazole rings is 1. The molecule has 8 heteroatoms. The zero-order valence-corrected chi connectivity index (χ0v) is 19.9. The van der Waals surface area contributed by atoms with E-state index in [0.717, 1.165) is 16.2 Å². The van der Waals surface area contributed by atoms with Gasteiger partial charge >= 0.3 is 0 Å². The first-order valence-corrected chi connectivity index (χ1v) is 12.1. The van der Waals surface area contributed by atoms with Crippen molar-refractivity contribution in [3.63, 3.8) is 0 Å². The van der Waals surface area contributed by atoms with Gasteiger partial charge in [-0.25, -0.2) is 4.98 Å². The fraction of sp³-hybridized carbons (Fsp3) is 0.440. The number of hydrogen-bond acceptors (Lipinski definition) is 6. The first-order chi connectivity index (χ1) is 15.9. The number of aromatic nitrogens is 1. The maximum absolute atomic E-state index is 13.3. The lowest BCUT2D eigenvalue weighted by Gasteiger charge is -2.27. The maximum atomic E-state index is 13.3. The zero-order valence-electron chi connectivity index (χ0n) is 19.1. The topological polar surface area (TPSA) is 88.6 Å². The van der Waals surface area contributed by atoms with E-state index in [1.165, 1.54) is 16.2 Å². The fourth-order valence-electron chi connectivity index (χ4n) is 4.53. The molecule has 33 heavy (non-hydrogen) atoms. The molecule has 0 bridgehead atoms. The zero-order chi connectivity index (χ0) is 23.5. The molecule has 0 radical (unpaired) electrons. The van der Waals surface area contributed by atoms with Gasteiger partial charge in [0.15, 0.2) is 5.13 Å². The number of benzene rings is 1. The number of hydrogen-bond donors (Lipinski definition) is 1. The number of fused-ring (bicyclic) bond motifs is 1. The van der Waals surface area contributed by atoms with Gasteiger partial charge in [0.1, 0.15) is 11.8 Å². The highest BCUT2D eigenvalue weighted by molar-refractivity contribution is 7.15. The number of nitrogens with one attached hydrogen (secondary N) is 1. The number of likely N-dealkylation sites (tertiary alicyclic amines) is 1. The molecule has 1 fully saturated rings. The van der Waals surface area contributed by atoms with Gasteiger partial charge in [0.25, 0.3) is 0 Å². The third-order valence-electron chi connectivity index (χ3n) is 6.15. The van der Waals surface area contributed by atoms with E-state index in [1.807, 2.05) is 50.3 Å². The molecule has 7 nitrogen and oxygen atoms in total. The van der Waals surface area contributed by atoms with Crippen LogP contribution in [0.1, 0.15) is 43.6 Å². The summed E-state index contributed by atoms with van der Waals surface area (Å²) in [6, 6.07) is 6.98. The third-order valence-corrected chi connectivity index (χ3v) is 7.06. The van der Waals surface area contributed by atoms with Crippen LogP contribution in [0.15, 0.2) is 42.6 Å². The molecule has 1 N–H and O–H groups in total. The number of rotatable bonds is 8. The lowest BCUT2D eigenvalue weighted by atomic mass is 9.85. The van der Waals surface area contributed by atoms with E-state index in [0.29, 0.717) is 30.8 Å². The number of allylic oxidation sites excluding steroid dienone is 2. The largest absolute Gasteiger partial charge is 0.497 e. The summed E-state index contributed by atoms with van der Waals surface area (Å²) in [5, 5.41) is 3.32. The number of nitrogens with zero attached hydrogens (tertiary/aromatic N) is 2. The van der Waals surface area contributed by atoms with Crippen LogP contribution in [0.25, 0.3) is 0 Å². The SMILES string of the molecule is COc1cccc(Cc2cnc(NC(=O)[C@H](CC(C)C)N3C(=O)[C@H]4CC=CC[C@@H]4C3=O)s2)c1. The molecule has 1 aliphatic heterocycles. The summed E-state index contributed by atoms with van der Waals surface area (Å²) in [6.45, 7) is 3.96. The average Bonchev–Trinajstić information content (AvgIpc) is 3.34. The Labute approximate surface area is 197 Å². The van der Waals surface area contributed by atoms with Crippen LogP contribution in [0, 0.1) is 17.8 Å². The van der Waals surface area contributed by atoms with Crippen LogP contribution in [0.4, 0.5) is 5.13 Å². The van der Waals surface area contributed by atoms with Gasteiger partial charge in [0.2, 0.25) is 17.7 Å². The average molecular weight is 468 g/mol. The van der Waals surface area contributed by atoms with E-state index in [9.17, 15) is 14.4 Å². The van der Waals surface area contributed by atoms with Crippen molar-refractivity contribution < 1.29 is 19.1 Å². The molecule has 2 aromatic rings. The van der Waals surface area contributed by atoms with Crippen molar-refractivity contribution in [1.82, 2.24) is 9.88 Å². The summed E-state index contributed by atoms with van der Waals surface area (Å²) in [7, 11) is 1.63. The molecule has 2 aliphatic rings. The van der Waals surface area contributed by atoms with Crippen molar-refractivity contribution >= 4 is 34.2 Å². The molecule has 0 saturated carbocycles. The van der Waals surface area contributed by atoms with Crippen LogP contribution < -0.4 is 10.1 Å². The minimum absolute atomic E-state index is 0.141. The van der Waals surface area contributed by atoms with Crippen LogP contribution in [0.3, 0.4) is 0 Å². The van der Waals surface area contributed by atoms with Crippen molar-refractivity contribution in [2.24, 2.45) is 17.8 Å². The monoisotopic (exact) mass is 467 g/mol. The summed E-state index contributed by atoms with van der Waals surface area (Å²) < 4.78 is 5.28. The van der Waals surface area contributed by atoms with Gasteiger partial charge in [-0.2, -0.15) is 0 Å². The second-order valence-electron chi connectivity index (χ2n) is 9.00. The van der Waals surface area contributed by atoms with Crippen molar-refractivity contribution in [2.45, 2.75) is 45.6 Å². The van der Waals surface area contributed by atoms with Gasteiger partial charge in [-0.1, -0.05) is 38.1 Å². The Balaban J connectivity index is 1.48. The Morgan fingerprint density at radius 2 is 1.91 bits per heavy atom. The highest BCUT2D eigenvalue weighted by atomic mass is 32.1. The quantitative estimate of drug-likeness (QED) is 0.467. The van der Waals surface area contributed by atoms with Crippen LogP contribution in [0.2, 0.25) is 0 Å². The number of ether oxygens (including phenoxy) is 1. The van der Waals surface area contributed by atoms with Crippen LogP contribution in [-0.4, -0.2) is 40.8 Å². The van der Waals surface area contributed by atoms with Crippen molar-refractivity contribution in [3.8, 4) is 5.75 Å². The molecule has 0 unspecified atom stereocenters. The molecule has 1 aliphatic carbocycles. The van der Waals surface area contributed by atoms with E-state index in [-0.39, 0.29) is 35.5 Å². The van der Waals surface area contributed by atoms with E-state index >= 15 is 0 Å². The molecule has 1 aromatic heterocycles. The highest BCUT2D eigenvalue weighted by Gasteiger charge is 2.51. The Kier molecular flexibility index (Phi) is 6.93. The molecule has 4 rings (SSSR count). The van der Waals surface area contributed by atoms with Crippen LogP contribution in [0.5, 0.6) is 5.75 Å². The van der Waals surface area contributed by atoms with E-state index in [4.69, 9.17) is 4.74 Å². The summed E-state index contributed by atoms with van der Waals surface area (Å²) in [6.07, 6.45) is 7.84. The molecular formula is C25H29N3O4S.